The fourth-order valence-electron chi connectivity index (χ4n) is 1.33. The minimum atomic E-state index is -0.271. The largest absolute Gasteiger partial charge is 0.464 e. The van der Waals surface area contributed by atoms with E-state index in [0.29, 0.717) is 19.0 Å². The first-order valence-electron chi connectivity index (χ1n) is 3.74. The summed E-state index contributed by atoms with van der Waals surface area (Å²) in [5.41, 5.74) is 5.53. The van der Waals surface area contributed by atoms with Gasteiger partial charge in [-0.2, -0.15) is 0 Å². The van der Waals surface area contributed by atoms with Crippen LogP contribution in [0.5, 0.6) is 0 Å². The number of ether oxygens (including phenoxy) is 1. The first kappa shape index (κ1) is 7.15. The predicted octanol–water partition coefficient (Wildman–Crippen LogP) is -0.0467. The summed E-state index contributed by atoms with van der Waals surface area (Å²) in [5, 5.41) is 0. The highest BCUT2D eigenvalue weighted by Crippen LogP contribution is 2.22. The van der Waals surface area contributed by atoms with Crippen LogP contribution in [0.1, 0.15) is 12.5 Å². The van der Waals surface area contributed by atoms with Gasteiger partial charge in [-0.05, 0) is 0 Å². The van der Waals surface area contributed by atoms with Gasteiger partial charge < -0.3 is 15.0 Å². The van der Waals surface area contributed by atoms with E-state index in [0.717, 1.165) is 0 Å². The monoisotopic (exact) mass is 167 g/mol. The molecule has 64 valence electrons. The first-order valence-corrected chi connectivity index (χ1v) is 3.74. The zero-order valence-electron chi connectivity index (χ0n) is 6.43. The Balaban J connectivity index is 2.30. The summed E-state index contributed by atoms with van der Waals surface area (Å²) in [5.74, 6) is 0.138. The molecule has 0 amide bonds. The molecule has 5 heteroatoms. The molecule has 1 aromatic heterocycles. The van der Waals surface area contributed by atoms with Crippen molar-refractivity contribution in [2.75, 3.05) is 12.3 Å². The maximum atomic E-state index is 11.1. The van der Waals surface area contributed by atoms with Crippen molar-refractivity contribution in [1.29, 1.82) is 0 Å². The number of nitrogens with zero attached hydrogens (tertiary/aromatic N) is 2. The van der Waals surface area contributed by atoms with Gasteiger partial charge in [-0.3, -0.25) is 0 Å². The molecule has 2 N–H and O–H groups in total. The van der Waals surface area contributed by atoms with Crippen molar-refractivity contribution in [2.45, 2.75) is 12.5 Å². The summed E-state index contributed by atoms with van der Waals surface area (Å²) in [6.45, 7) is 0.473. The van der Waals surface area contributed by atoms with Gasteiger partial charge in [0.05, 0.1) is 6.61 Å². The molecule has 1 fully saturated rings. The normalized spacial score (nSPS) is 22.7. The van der Waals surface area contributed by atoms with Crippen LogP contribution in [0.4, 0.5) is 5.95 Å². The molecular formula is C7H9N3O2. The lowest BCUT2D eigenvalue weighted by atomic mass is 10.2. The average molecular weight is 167 g/mol. The maximum Gasteiger partial charge on any atom is 0.329 e. The lowest BCUT2D eigenvalue weighted by Gasteiger charge is -2.07. The third-order valence-corrected chi connectivity index (χ3v) is 1.94. The van der Waals surface area contributed by atoms with Gasteiger partial charge in [0.25, 0.3) is 0 Å². The van der Waals surface area contributed by atoms with Crippen LogP contribution >= 0.6 is 0 Å². The summed E-state index contributed by atoms with van der Waals surface area (Å²) in [4.78, 5) is 14.9. The Morgan fingerprint density at radius 1 is 1.75 bits per heavy atom. The molecule has 12 heavy (non-hydrogen) atoms. The predicted molar refractivity (Wildman–Crippen MR) is 41.3 cm³/mol. The van der Waals surface area contributed by atoms with E-state index in [-0.39, 0.29) is 12.0 Å². The van der Waals surface area contributed by atoms with Crippen molar-refractivity contribution in [2.24, 2.45) is 0 Å². The number of nitrogen functional groups attached to an aromatic ring is 1. The number of nitrogens with two attached hydrogens (primary N) is 1. The number of cyclic esters (lactones) is 1. The highest BCUT2D eigenvalue weighted by atomic mass is 16.5. The molecule has 0 saturated carbocycles. The summed E-state index contributed by atoms with van der Waals surface area (Å²) in [6, 6.07) is -0.271. The Morgan fingerprint density at radius 3 is 3.08 bits per heavy atom. The van der Waals surface area contributed by atoms with Crippen LogP contribution < -0.4 is 5.73 Å². The smallest absolute Gasteiger partial charge is 0.329 e. The quantitative estimate of drug-likeness (QED) is 0.595. The number of esters is 1. The number of aromatic nitrogens is 2. The van der Waals surface area contributed by atoms with E-state index < -0.39 is 0 Å². The van der Waals surface area contributed by atoms with Gasteiger partial charge in [0, 0.05) is 18.8 Å². The second kappa shape index (κ2) is 2.51. The van der Waals surface area contributed by atoms with Crippen molar-refractivity contribution < 1.29 is 9.53 Å². The van der Waals surface area contributed by atoms with Gasteiger partial charge in [-0.1, -0.05) is 0 Å². The lowest BCUT2D eigenvalue weighted by Crippen LogP contribution is -2.15. The van der Waals surface area contributed by atoms with Gasteiger partial charge >= 0.3 is 5.97 Å². The average Bonchev–Trinajstić information content (AvgIpc) is 2.59. The SMILES string of the molecule is Nc1nccn1C1CCOC1=O. The number of imidazole rings is 1. The summed E-state index contributed by atoms with van der Waals surface area (Å²) in [7, 11) is 0. The van der Waals surface area contributed by atoms with E-state index in [9.17, 15) is 4.79 Å². The van der Waals surface area contributed by atoms with E-state index in [1.165, 1.54) is 0 Å². The Bertz CT molecular complexity index is 307. The van der Waals surface area contributed by atoms with E-state index in [2.05, 4.69) is 4.98 Å². The molecule has 0 radical (unpaired) electrons. The topological polar surface area (TPSA) is 70.1 Å². The number of hydrogen-bond acceptors (Lipinski definition) is 4. The number of hydrogen-bond donors (Lipinski definition) is 1. The van der Waals surface area contributed by atoms with Gasteiger partial charge in [-0.25, -0.2) is 9.78 Å². The molecule has 5 nitrogen and oxygen atoms in total. The van der Waals surface area contributed by atoms with Crippen LogP contribution in [0.2, 0.25) is 0 Å². The maximum absolute atomic E-state index is 11.1. The molecule has 0 aromatic carbocycles. The highest BCUT2D eigenvalue weighted by Gasteiger charge is 2.28. The Hall–Kier alpha value is -1.52. The molecule has 1 aromatic rings. The molecule has 1 saturated heterocycles. The minimum Gasteiger partial charge on any atom is -0.464 e. The fourth-order valence-corrected chi connectivity index (χ4v) is 1.33. The molecule has 1 atom stereocenters. The fraction of sp³-hybridized carbons (Fsp3) is 0.429. The molecule has 0 bridgehead atoms. The number of anilines is 1. The summed E-state index contributed by atoms with van der Waals surface area (Å²) < 4.78 is 6.44. The molecule has 1 aliphatic rings. The van der Waals surface area contributed by atoms with E-state index in [1.54, 1.807) is 17.0 Å². The van der Waals surface area contributed by atoms with Crippen LogP contribution in [-0.2, 0) is 9.53 Å². The second-order valence-electron chi connectivity index (χ2n) is 2.66. The number of rotatable bonds is 1. The van der Waals surface area contributed by atoms with E-state index in [4.69, 9.17) is 10.5 Å². The molecule has 1 aliphatic heterocycles. The van der Waals surface area contributed by atoms with Gasteiger partial charge in [-0.15, -0.1) is 0 Å². The van der Waals surface area contributed by atoms with Gasteiger partial charge in [0.1, 0.15) is 6.04 Å². The Labute approximate surface area is 69.1 Å². The minimum absolute atomic E-state index is 0.222. The lowest BCUT2D eigenvalue weighted by molar-refractivity contribution is -0.140. The van der Waals surface area contributed by atoms with Crippen LogP contribution in [0, 0.1) is 0 Å². The van der Waals surface area contributed by atoms with Gasteiger partial charge in [0.2, 0.25) is 5.95 Å². The highest BCUT2D eigenvalue weighted by molar-refractivity contribution is 5.76. The number of carbonyl (C=O) groups excluding carboxylic acids is 1. The van der Waals surface area contributed by atoms with Gasteiger partial charge in [0.15, 0.2) is 0 Å². The van der Waals surface area contributed by atoms with Crippen LogP contribution in [-0.4, -0.2) is 22.1 Å². The Morgan fingerprint density at radius 2 is 2.58 bits per heavy atom. The summed E-state index contributed by atoms with van der Waals surface area (Å²) in [6.07, 6.45) is 3.94. The molecule has 1 unspecified atom stereocenters. The summed E-state index contributed by atoms with van der Waals surface area (Å²) >= 11 is 0. The van der Waals surface area contributed by atoms with Crippen LogP contribution in [0.15, 0.2) is 12.4 Å². The van der Waals surface area contributed by atoms with Crippen molar-refractivity contribution in [3.63, 3.8) is 0 Å². The molecule has 2 rings (SSSR count). The first-order chi connectivity index (χ1) is 5.79. The van der Waals surface area contributed by atoms with Crippen molar-refractivity contribution in [1.82, 2.24) is 9.55 Å². The Kier molecular flexibility index (Phi) is 1.49. The van der Waals surface area contributed by atoms with E-state index in [1.807, 2.05) is 0 Å². The molecule has 0 spiro atoms. The standard InChI is InChI=1S/C7H9N3O2/c8-7-9-2-3-10(7)5-1-4-12-6(5)11/h2-3,5H,1,4H2,(H2,8,9). The van der Waals surface area contributed by atoms with E-state index >= 15 is 0 Å². The molecule has 2 heterocycles. The van der Waals surface area contributed by atoms with Crippen molar-refractivity contribution >= 4 is 11.9 Å². The zero-order chi connectivity index (χ0) is 8.55. The molecular weight excluding hydrogens is 158 g/mol. The zero-order valence-corrected chi connectivity index (χ0v) is 6.43. The van der Waals surface area contributed by atoms with Crippen molar-refractivity contribution in [3.05, 3.63) is 12.4 Å². The second-order valence-corrected chi connectivity index (χ2v) is 2.66. The third kappa shape index (κ3) is 0.939. The van der Waals surface area contributed by atoms with Crippen LogP contribution in [0.25, 0.3) is 0 Å². The van der Waals surface area contributed by atoms with Crippen molar-refractivity contribution in [3.8, 4) is 0 Å². The number of carbonyl (C=O) groups is 1. The van der Waals surface area contributed by atoms with Crippen LogP contribution in [0.3, 0.4) is 0 Å². The third-order valence-electron chi connectivity index (χ3n) is 1.94. The molecule has 0 aliphatic carbocycles.